The molecule has 0 aromatic carbocycles. The third-order valence-corrected chi connectivity index (χ3v) is 2.05. The van der Waals surface area contributed by atoms with Crippen LogP contribution in [0.4, 0.5) is 0 Å². The van der Waals surface area contributed by atoms with Crippen LogP contribution in [0.2, 0.25) is 0 Å². The van der Waals surface area contributed by atoms with Gasteiger partial charge in [-0.3, -0.25) is 4.98 Å². The second kappa shape index (κ2) is 6.32. The molecule has 0 bridgehead atoms. The molecule has 0 fully saturated rings. The summed E-state index contributed by atoms with van der Waals surface area (Å²) >= 11 is 5.03. The molecular formula is C10H15N3S. The van der Waals surface area contributed by atoms with Crippen LogP contribution in [0.25, 0.3) is 0 Å². The van der Waals surface area contributed by atoms with Gasteiger partial charge in [-0.25, -0.2) is 0 Å². The van der Waals surface area contributed by atoms with E-state index in [0.29, 0.717) is 0 Å². The van der Waals surface area contributed by atoms with Gasteiger partial charge in [0, 0.05) is 25.5 Å². The Bertz CT molecular complexity index is 274. The minimum atomic E-state index is 0.719. The zero-order chi connectivity index (χ0) is 10.2. The van der Waals surface area contributed by atoms with Gasteiger partial charge in [0.1, 0.15) is 0 Å². The number of nitrogens with zero attached hydrogens (tertiary/aromatic N) is 1. The Hall–Kier alpha value is -1.16. The van der Waals surface area contributed by atoms with Gasteiger partial charge in [0.25, 0.3) is 0 Å². The van der Waals surface area contributed by atoms with E-state index in [9.17, 15) is 0 Å². The first kappa shape index (κ1) is 10.9. The van der Waals surface area contributed by atoms with Gasteiger partial charge in [0.15, 0.2) is 5.11 Å². The van der Waals surface area contributed by atoms with E-state index >= 15 is 0 Å². The van der Waals surface area contributed by atoms with E-state index in [1.54, 1.807) is 6.20 Å². The van der Waals surface area contributed by atoms with Crippen molar-refractivity contribution in [2.45, 2.75) is 13.3 Å². The Labute approximate surface area is 89.9 Å². The molecular weight excluding hydrogens is 194 g/mol. The highest BCUT2D eigenvalue weighted by Crippen LogP contribution is 1.94. The van der Waals surface area contributed by atoms with Crippen LogP contribution in [0, 0.1) is 0 Å². The molecule has 3 nitrogen and oxygen atoms in total. The summed E-state index contributed by atoms with van der Waals surface area (Å²) in [5.74, 6) is 0. The molecule has 1 aromatic rings. The predicted octanol–water partition coefficient (Wildman–Crippen LogP) is 1.11. The topological polar surface area (TPSA) is 37.0 Å². The van der Waals surface area contributed by atoms with Crippen molar-refractivity contribution < 1.29 is 0 Å². The quantitative estimate of drug-likeness (QED) is 0.728. The van der Waals surface area contributed by atoms with Crippen LogP contribution in [0.5, 0.6) is 0 Å². The zero-order valence-corrected chi connectivity index (χ0v) is 9.10. The van der Waals surface area contributed by atoms with E-state index in [0.717, 1.165) is 24.6 Å². The molecule has 0 spiro atoms. The maximum absolute atomic E-state index is 5.03. The lowest BCUT2D eigenvalue weighted by Gasteiger charge is -2.07. The lowest BCUT2D eigenvalue weighted by Crippen LogP contribution is -2.36. The predicted molar refractivity (Wildman–Crippen MR) is 62.2 cm³/mol. The molecule has 0 unspecified atom stereocenters. The minimum absolute atomic E-state index is 0.719. The zero-order valence-electron chi connectivity index (χ0n) is 8.29. The molecule has 0 saturated carbocycles. The Morgan fingerprint density at radius 1 is 1.50 bits per heavy atom. The SMILES string of the molecule is CCNC(=S)NCCc1cccnc1. The molecule has 4 heteroatoms. The highest BCUT2D eigenvalue weighted by molar-refractivity contribution is 7.80. The monoisotopic (exact) mass is 209 g/mol. The summed E-state index contributed by atoms with van der Waals surface area (Å²) in [6.45, 7) is 3.73. The van der Waals surface area contributed by atoms with E-state index in [1.807, 2.05) is 19.2 Å². The molecule has 1 heterocycles. The lowest BCUT2D eigenvalue weighted by molar-refractivity contribution is 0.827. The summed E-state index contributed by atoms with van der Waals surface area (Å²) in [5.41, 5.74) is 1.22. The van der Waals surface area contributed by atoms with Crippen LogP contribution in [0.3, 0.4) is 0 Å². The van der Waals surface area contributed by atoms with Gasteiger partial charge in [0.05, 0.1) is 0 Å². The highest BCUT2D eigenvalue weighted by atomic mass is 32.1. The van der Waals surface area contributed by atoms with Crippen LogP contribution in [-0.2, 0) is 6.42 Å². The van der Waals surface area contributed by atoms with Gasteiger partial charge in [-0.1, -0.05) is 6.07 Å². The lowest BCUT2D eigenvalue weighted by atomic mass is 10.2. The third-order valence-electron chi connectivity index (χ3n) is 1.76. The van der Waals surface area contributed by atoms with Crippen LogP contribution < -0.4 is 10.6 Å². The second-order valence-electron chi connectivity index (χ2n) is 2.90. The summed E-state index contributed by atoms with van der Waals surface area (Å²) < 4.78 is 0. The number of hydrogen-bond acceptors (Lipinski definition) is 2. The molecule has 2 N–H and O–H groups in total. The number of aromatic nitrogens is 1. The van der Waals surface area contributed by atoms with Crippen molar-refractivity contribution in [1.82, 2.24) is 15.6 Å². The second-order valence-corrected chi connectivity index (χ2v) is 3.31. The third kappa shape index (κ3) is 4.18. The molecule has 76 valence electrons. The van der Waals surface area contributed by atoms with E-state index in [4.69, 9.17) is 12.2 Å². The Balaban J connectivity index is 2.19. The normalized spacial score (nSPS) is 9.50. The molecule has 14 heavy (non-hydrogen) atoms. The Kier molecular flexibility index (Phi) is 4.93. The fourth-order valence-corrected chi connectivity index (χ4v) is 1.34. The van der Waals surface area contributed by atoms with Crippen LogP contribution >= 0.6 is 12.2 Å². The smallest absolute Gasteiger partial charge is 0.166 e. The number of pyridine rings is 1. The van der Waals surface area contributed by atoms with Gasteiger partial charge in [-0.15, -0.1) is 0 Å². The molecule has 0 amide bonds. The van der Waals surface area contributed by atoms with Crippen molar-refractivity contribution in [1.29, 1.82) is 0 Å². The van der Waals surface area contributed by atoms with Gasteiger partial charge < -0.3 is 10.6 Å². The van der Waals surface area contributed by atoms with E-state index in [-0.39, 0.29) is 0 Å². The summed E-state index contributed by atoms with van der Waals surface area (Å²) in [7, 11) is 0. The fourth-order valence-electron chi connectivity index (χ4n) is 1.09. The van der Waals surface area contributed by atoms with Gasteiger partial charge in [-0.2, -0.15) is 0 Å². The van der Waals surface area contributed by atoms with E-state index in [2.05, 4.69) is 21.7 Å². The minimum Gasteiger partial charge on any atom is -0.363 e. The summed E-state index contributed by atoms with van der Waals surface area (Å²) in [6.07, 6.45) is 4.59. The maximum Gasteiger partial charge on any atom is 0.166 e. The number of nitrogens with one attached hydrogen (secondary N) is 2. The van der Waals surface area contributed by atoms with E-state index in [1.165, 1.54) is 5.56 Å². The average molecular weight is 209 g/mol. The van der Waals surface area contributed by atoms with Crippen LogP contribution in [0.15, 0.2) is 24.5 Å². The van der Waals surface area contributed by atoms with Crippen molar-refractivity contribution in [3.05, 3.63) is 30.1 Å². The molecule has 1 aromatic heterocycles. The van der Waals surface area contributed by atoms with Gasteiger partial charge in [0.2, 0.25) is 0 Å². The Morgan fingerprint density at radius 3 is 3.00 bits per heavy atom. The van der Waals surface area contributed by atoms with Crippen molar-refractivity contribution >= 4 is 17.3 Å². The standard InChI is InChI=1S/C10H15N3S/c1-2-12-10(14)13-7-5-9-4-3-6-11-8-9/h3-4,6,8H,2,5,7H2,1H3,(H2,12,13,14). The Morgan fingerprint density at radius 2 is 2.36 bits per heavy atom. The van der Waals surface area contributed by atoms with Crippen molar-refractivity contribution in [2.24, 2.45) is 0 Å². The average Bonchev–Trinajstić information content (AvgIpc) is 2.20. The summed E-state index contributed by atoms with van der Waals surface area (Å²) in [4.78, 5) is 4.04. The summed E-state index contributed by atoms with van der Waals surface area (Å²) in [5, 5.41) is 6.88. The molecule has 0 atom stereocenters. The van der Waals surface area contributed by atoms with Crippen LogP contribution in [0.1, 0.15) is 12.5 Å². The molecule has 0 saturated heterocycles. The largest absolute Gasteiger partial charge is 0.363 e. The maximum atomic E-state index is 5.03. The molecule has 0 aliphatic heterocycles. The first-order valence-electron chi connectivity index (χ1n) is 4.73. The van der Waals surface area contributed by atoms with Crippen molar-refractivity contribution in [2.75, 3.05) is 13.1 Å². The van der Waals surface area contributed by atoms with Crippen LogP contribution in [-0.4, -0.2) is 23.2 Å². The number of thiocarbonyl (C=S) groups is 1. The van der Waals surface area contributed by atoms with Gasteiger partial charge in [-0.05, 0) is 37.2 Å². The van der Waals surface area contributed by atoms with Crippen molar-refractivity contribution in [3.8, 4) is 0 Å². The molecule has 1 rings (SSSR count). The number of rotatable bonds is 4. The molecule has 0 radical (unpaired) electrons. The summed E-state index contributed by atoms with van der Waals surface area (Å²) in [6, 6.07) is 4.00. The molecule has 0 aliphatic carbocycles. The first-order chi connectivity index (χ1) is 6.83. The highest BCUT2D eigenvalue weighted by Gasteiger charge is 1.93. The fraction of sp³-hybridized carbons (Fsp3) is 0.400. The van der Waals surface area contributed by atoms with Crippen molar-refractivity contribution in [3.63, 3.8) is 0 Å². The van der Waals surface area contributed by atoms with E-state index < -0.39 is 0 Å². The van der Waals surface area contributed by atoms with Gasteiger partial charge >= 0.3 is 0 Å². The molecule has 0 aliphatic rings. The first-order valence-corrected chi connectivity index (χ1v) is 5.14. The number of hydrogen-bond donors (Lipinski definition) is 2.